The molecule has 2 heterocycles. The highest BCUT2D eigenvalue weighted by molar-refractivity contribution is 6.37. The molecule has 1 aliphatic heterocycles. The van der Waals surface area contributed by atoms with Crippen LogP contribution in [0.3, 0.4) is 0 Å². The molecule has 0 bridgehead atoms. The van der Waals surface area contributed by atoms with Gasteiger partial charge in [-0.2, -0.15) is 0 Å². The van der Waals surface area contributed by atoms with Crippen LogP contribution in [-0.4, -0.2) is 56.6 Å². The summed E-state index contributed by atoms with van der Waals surface area (Å²) in [6.45, 7) is 1.85. The Bertz CT molecular complexity index is 1120. The number of halogens is 1. The van der Waals surface area contributed by atoms with E-state index in [4.69, 9.17) is 29.6 Å². The molecular weight excluding hydrogens is 389 g/mol. The van der Waals surface area contributed by atoms with Crippen molar-refractivity contribution in [2.75, 3.05) is 19.7 Å². The highest BCUT2D eigenvalue weighted by Crippen LogP contribution is 2.27. The number of hydrogen-bond donors (Lipinski definition) is 0. The molecule has 10 heteroatoms. The zero-order valence-electron chi connectivity index (χ0n) is 16.0. The van der Waals surface area contributed by atoms with Gasteiger partial charge in [0, 0.05) is 13.1 Å². The first-order valence-electron chi connectivity index (χ1n) is 9.41. The van der Waals surface area contributed by atoms with Crippen LogP contribution in [0.4, 0.5) is 9.18 Å². The van der Waals surface area contributed by atoms with E-state index in [0.717, 1.165) is 11.1 Å². The van der Waals surface area contributed by atoms with Gasteiger partial charge in [-0.3, -0.25) is 4.57 Å². The van der Waals surface area contributed by atoms with Crippen LogP contribution < -0.4 is 10.5 Å². The van der Waals surface area contributed by atoms with E-state index in [9.17, 15) is 14.0 Å². The largest absolute Gasteiger partial charge is 0.476 e. The number of nitrogens with zero attached hydrogens (tertiary/aromatic N) is 2. The third-order valence-electron chi connectivity index (χ3n) is 4.78. The summed E-state index contributed by atoms with van der Waals surface area (Å²) in [6.07, 6.45) is 0.256. The van der Waals surface area contributed by atoms with E-state index in [2.05, 4.69) is 0 Å². The quantitative estimate of drug-likeness (QED) is 0.564. The van der Waals surface area contributed by atoms with Gasteiger partial charge in [0.15, 0.2) is 26.9 Å². The van der Waals surface area contributed by atoms with Crippen molar-refractivity contribution in [3.05, 3.63) is 53.0 Å². The average molecular weight is 406 g/mol. The van der Waals surface area contributed by atoms with Gasteiger partial charge in [-0.1, -0.05) is 18.2 Å². The van der Waals surface area contributed by atoms with Crippen molar-refractivity contribution in [2.45, 2.75) is 18.6 Å². The smallest absolute Gasteiger partial charge is 0.419 e. The Labute approximate surface area is 174 Å². The van der Waals surface area contributed by atoms with E-state index in [-0.39, 0.29) is 11.8 Å². The lowest BCUT2D eigenvalue weighted by Gasteiger charge is -2.18. The lowest BCUT2D eigenvalue weighted by Crippen LogP contribution is -2.31. The number of fused-ring (bicyclic) bond motifs is 1. The molecule has 0 aliphatic carbocycles. The Hall–Kier alpha value is -3.16. The Balaban J connectivity index is 1.54. The first kappa shape index (κ1) is 20.1. The van der Waals surface area contributed by atoms with Crippen molar-refractivity contribution in [1.82, 2.24) is 9.47 Å². The summed E-state index contributed by atoms with van der Waals surface area (Å²) < 4.78 is 29.7. The number of ether oxygens (including phenoxy) is 2. The predicted octanol–water partition coefficient (Wildman–Crippen LogP) is 2.40. The Kier molecular flexibility index (Phi) is 5.32. The summed E-state index contributed by atoms with van der Waals surface area (Å²) in [7, 11) is 10.0. The van der Waals surface area contributed by atoms with Gasteiger partial charge in [0.25, 0.3) is 0 Å². The molecule has 30 heavy (non-hydrogen) atoms. The molecule has 1 saturated heterocycles. The molecule has 1 amide bonds. The van der Waals surface area contributed by atoms with Gasteiger partial charge in [0.05, 0.1) is 12.1 Å². The number of alkyl halides is 1. The number of hydrogen-bond acceptors (Lipinski definition) is 5. The lowest BCUT2D eigenvalue weighted by molar-refractivity contribution is 0.102. The molecule has 1 aromatic heterocycles. The maximum atomic E-state index is 13.2. The monoisotopic (exact) mass is 406 g/mol. The molecule has 1 fully saturated rings. The van der Waals surface area contributed by atoms with E-state index < -0.39 is 11.4 Å². The molecule has 0 saturated carbocycles. The number of oxazole rings is 1. The molecule has 4 rings (SSSR count). The molecule has 1 aliphatic rings. The first-order valence-corrected chi connectivity index (χ1v) is 9.41. The number of carbonyl (C=O) groups excluding carboxylic acids is 1. The summed E-state index contributed by atoms with van der Waals surface area (Å²) in [5.41, 5.74) is 0.0202. The first-order chi connectivity index (χ1) is 14.3. The van der Waals surface area contributed by atoms with Crippen LogP contribution in [0.2, 0.25) is 0 Å². The van der Waals surface area contributed by atoms with E-state index >= 15 is 0 Å². The van der Waals surface area contributed by atoms with Crippen LogP contribution in [0.25, 0.3) is 22.2 Å². The van der Waals surface area contributed by atoms with Gasteiger partial charge in [-0.25, -0.2) is 14.0 Å². The zero-order valence-corrected chi connectivity index (χ0v) is 16.0. The Morgan fingerprint density at radius 3 is 2.47 bits per heavy atom. The van der Waals surface area contributed by atoms with Crippen LogP contribution in [0.1, 0.15) is 6.42 Å². The minimum absolute atomic E-state index is 0.188. The third kappa shape index (κ3) is 4.37. The van der Waals surface area contributed by atoms with Crippen molar-refractivity contribution >= 4 is 32.9 Å². The second kappa shape index (κ2) is 7.93. The fraction of sp³-hybridized carbons (Fsp3) is 0.300. The number of cyclic esters (lactones) is 1. The van der Waals surface area contributed by atoms with Gasteiger partial charge in [-0.15, -0.1) is 0 Å². The van der Waals surface area contributed by atoms with Crippen molar-refractivity contribution in [2.24, 2.45) is 0 Å². The van der Waals surface area contributed by atoms with Crippen molar-refractivity contribution in [3.8, 4) is 16.9 Å². The van der Waals surface area contributed by atoms with Crippen LogP contribution in [0.15, 0.2) is 51.7 Å². The molecule has 150 valence electrons. The Morgan fingerprint density at radius 2 is 1.80 bits per heavy atom. The number of amides is 1. The van der Waals surface area contributed by atoms with E-state index in [1.54, 1.807) is 35.2 Å². The average Bonchev–Trinajstić information content (AvgIpc) is 3.23. The maximum Gasteiger partial charge on any atom is 0.419 e. The van der Waals surface area contributed by atoms with Crippen LogP contribution in [-0.2, 0) is 11.3 Å². The maximum absolute atomic E-state index is 13.2. The molecule has 0 spiro atoms. The summed E-state index contributed by atoms with van der Waals surface area (Å²) in [5.74, 6) is -0.270. The number of carbonyl (C=O) groups is 1. The molecule has 0 N–H and O–H groups in total. The van der Waals surface area contributed by atoms with Crippen molar-refractivity contribution in [3.63, 3.8) is 0 Å². The lowest BCUT2D eigenvalue weighted by atomic mass is 9.78. The predicted molar refractivity (Wildman–Crippen MR) is 109 cm³/mol. The van der Waals surface area contributed by atoms with Gasteiger partial charge in [0.1, 0.15) is 12.4 Å². The molecule has 4 radical (unpaired) electrons. The molecule has 3 aromatic rings. The third-order valence-corrected chi connectivity index (χ3v) is 4.78. The summed E-state index contributed by atoms with van der Waals surface area (Å²) in [6, 6.07) is 11.9. The van der Waals surface area contributed by atoms with Gasteiger partial charge in [-0.05, 0) is 41.8 Å². The molecule has 0 unspecified atom stereocenters. The molecule has 2 aromatic carbocycles. The zero-order chi connectivity index (χ0) is 21.3. The highest BCUT2D eigenvalue weighted by Gasteiger charge is 2.21. The van der Waals surface area contributed by atoms with Gasteiger partial charge >= 0.3 is 11.8 Å². The van der Waals surface area contributed by atoms with Crippen LogP contribution >= 0.6 is 0 Å². The van der Waals surface area contributed by atoms with Crippen molar-refractivity contribution < 1.29 is 23.1 Å². The SMILES string of the molecule is [B]C([B])(F)Oc1ccc(-c2ccc3oc(=O)n(CCCN4CCOC4=O)c3c2)cc1. The number of aryl methyl sites for hydroxylation is 1. The topological polar surface area (TPSA) is 73.9 Å². The summed E-state index contributed by atoms with van der Waals surface area (Å²) >= 11 is 0. The van der Waals surface area contributed by atoms with Crippen LogP contribution in [0, 0.1) is 0 Å². The highest BCUT2D eigenvalue weighted by atomic mass is 19.2. The Morgan fingerprint density at radius 1 is 1.07 bits per heavy atom. The van der Waals surface area contributed by atoms with Crippen LogP contribution in [0.5, 0.6) is 5.75 Å². The second-order valence-electron chi connectivity index (χ2n) is 6.98. The minimum atomic E-state index is -2.75. The van der Waals surface area contributed by atoms with E-state index in [1.165, 1.54) is 4.57 Å². The van der Waals surface area contributed by atoms with E-state index in [1.807, 2.05) is 12.1 Å². The van der Waals surface area contributed by atoms with Gasteiger partial charge in [0.2, 0.25) is 0 Å². The number of rotatable bonds is 7. The minimum Gasteiger partial charge on any atom is -0.476 e. The molecule has 7 nitrogen and oxygen atoms in total. The fourth-order valence-electron chi connectivity index (χ4n) is 3.40. The fourth-order valence-corrected chi connectivity index (χ4v) is 3.40. The number of benzene rings is 2. The summed E-state index contributed by atoms with van der Waals surface area (Å²) in [5, 5.41) is 0. The van der Waals surface area contributed by atoms with E-state index in [0.29, 0.717) is 43.8 Å². The standard InChI is InChI=1S/C20H17B2FN2O5/c21-20(22,23)30-15-5-2-13(3-6-15)14-4-7-17-16(12-14)25(19(27)29-17)9-1-8-24-10-11-28-18(24)26/h2-7,12H,1,8-11H2. The van der Waals surface area contributed by atoms with Crippen molar-refractivity contribution in [1.29, 1.82) is 0 Å². The summed E-state index contributed by atoms with van der Waals surface area (Å²) in [4.78, 5) is 25.4. The molecule has 0 atom stereocenters. The van der Waals surface area contributed by atoms with Gasteiger partial charge < -0.3 is 18.8 Å². The number of aromatic nitrogens is 1. The second-order valence-corrected chi connectivity index (χ2v) is 6.98. The normalized spacial score (nSPS) is 14.3. The molecular formula is C20H17B2FN2O5.